The third-order valence-electron chi connectivity index (χ3n) is 2.19. The van der Waals surface area contributed by atoms with Crippen LogP contribution in [0.4, 0.5) is 0 Å². The van der Waals surface area contributed by atoms with Crippen molar-refractivity contribution in [1.82, 2.24) is 15.5 Å². The van der Waals surface area contributed by atoms with Gasteiger partial charge in [-0.3, -0.25) is 9.59 Å². The fourth-order valence-corrected chi connectivity index (χ4v) is 1.66. The Morgan fingerprint density at radius 2 is 2.07 bits per heavy atom. The Kier molecular flexibility index (Phi) is 5.49. The van der Waals surface area contributed by atoms with Crippen LogP contribution < -0.4 is 10.6 Å². The third kappa shape index (κ3) is 4.09. The van der Waals surface area contributed by atoms with E-state index in [1.54, 1.807) is 16.7 Å². The van der Waals surface area contributed by atoms with Gasteiger partial charge in [0, 0.05) is 38.5 Å². The first-order valence-electron chi connectivity index (χ1n) is 5.02. The van der Waals surface area contributed by atoms with Gasteiger partial charge in [-0.15, -0.1) is 0 Å². The van der Waals surface area contributed by atoms with Crippen molar-refractivity contribution in [1.29, 1.82) is 0 Å². The summed E-state index contributed by atoms with van der Waals surface area (Å²) in [5.74, 6) is -0.0517. The molecule has 1 aliphatic heterocycles. The van der Waals surface area contributed by atoms with Crippen LogP contribution in [0, 0.1) is 0 Å². The zero-order valence-electron chi connectivity index (χ0n) is 8.91. The van der Waals surface area contributed by atoms with Crippen LogP contribution in [0.25, 0.3) is 0 Å². The molecule has 0 bridgehead atoms. The molecule has 86 valence electrons. The summed E-state index contributed by atoms with van der Waals surface area (Å²) in [6, 6.07) is 0. The molecule has 0 atom stereocenters. The minimum Gasteiger partial charge on any atom is -0.347 e. The molecule has 0 aromatic heterocycles. The summed E-state index contributed by atoms with van der Waals surface area (Å²) in [6.07, 6.45) is 1.96. The lowest BCUT2D eigenvalue weighted by molar-refractivity contribution is -0.146. The van der Waals surface area contributed by atoms with Crippen LogP contribution in [0.15, 0.2) is 0 Å². The van der Waals surface area contributed by atoms with Crippen LogP contribution in [0.2, 0.25) is 0 Å². The van der Waals surface area contributed by atoms with Crippen molar-refractivity contribution in [3.8, 4) is 0 Å². The van der Waals surface area contributed by atoms with Crippen molar-refractivity contribution in [3.05, 3.63) is 0 Å². The second-order valence-corrected chi connectivity index (χ2v) is 4.28. The number of rotatable bonds is 3. The summed E-state index contributed by atoms with van der Waals surface area (Å²) >= 11 is 1.64. The molecule has 1 heterocycles. The molecule has 2 N–H and O–H groups in total. The van der Waals surface area contributed by atoms with E-state index in [9.17, 15) is 9.59 Å². The highest BCUT2D eigenvalue weighted by Crippen LogP contribution is 1.94. The predicted octanol–water partition coefficient (Wildman–Crippen LogP) is -1.10. The average molecular weight is 231 g/mol. The summed E-state index contributed by atoms with van der Waals surface area (Å²) in [7, 11) is 0. The molecule has 0 saturated carbocycles. The number of amides is 2. The molecule has 0 aromatic carbocycles. The normalized spacial score (nSPS) is 16.2. The van der Waals surface area contributed by atoms with Crippen LogP contribution in [0.3, 0.4) is 0 Å². The molecule has 0 aliphatic carbocycles. The Balaban J connectivity index is 2.28. The molecule has 2 amide bonds. The van der Waals surface area contributed by atoms with Gasteiger partial charge in [-0.05, 0) is 6.26 Å². The molecule has 1 rings (SSSR count). The Labute approximate surface area is 94.0 Å². The lowest BCUT2D eigenvalue weighted by atomic mass is 10.3. The fourth-order valence-electron chi connectivity index (χ4n) is 1.35. The number of hydrogen-bond donors (Lipinski definition) is 2. The Hall–Kier alpha value is -0.750. The van der Waals surface area contributed by atoms with Gasteiger partial charge in [-0.2, -0.15) is 11.8 Å². The van der Waals surface area contributed by atoms with Crippen molar-refractivity contribution in [2.24, 2.45) is 0 Å². The lowest BCUT2D eigenvalue weighted by Crippen LogP contribution is -2.51. The number of nitrogens with zero attached hydrogens (tertiary/aromatic N) is 1. The highest BCUT2D eigenvalue weighted by atomic mass is 32.2. The molecule has 0 unspecified atom stereocenters. The second-order valence-electron chi connectivity index (χ2n) is 3.29. The van der Waals surface area contributed by atoms with E-state index in [2.05, 4.69) is 10.6 Å². The van der Waals surface area contributed by atoms with E-state index in [1.165, 1.54) is 0 Å². The van der Waals surface area contributed by atoms with Gasteiger partial charge < -0.3 is 15.5 Å². The van der Waals surface area contributed by atoms with Crippen molar-refractivity contribution in [3.63, 3.8) is 0 Å². The SMILES string of the molecule is CSCCNC(=O)C(=O)N1CCNCC1. The summed E-state index contributed by atoms with van der Waals surface area (Å²) in [5.41, 5.74) is 0. The van der Waals surface area contributed by atoms with Gasteiger partial charge in [-0.1, -0.05) is 0 Å². The van der Waals surface area contributed by atoms with Crippen LogP contribution in [-0.4, -0.2) is 61.4 Å². The van der Waals surface area contributed by atoms with Crippen LogP contribution in [0.5, 0.6) is 0 Å². The van der Waals surface area contributed by atoms with Gasteiger partial charge in [0.05, 0.1) is 0 Å². The first-order chi connectivity index (χ1) is 7.25. The molecule has 1 aliphatic rings. The van der Waals surface area contributed by atoms with Gasteiger partial charge in [-0.25, -0.2) is 0 Å². The molecular weight excluding hydrogens is 214 g/mol. The highest BCUT2D eigenvalue weighted by molar-refractivity contribution is 7.98. The van der Waals surface area contributed by atoms with E-state index in [1.807, 2.05) is 6.26 Å². The lowest BCUT2D eigenvalue weighted by Gasteiger charge is -2.26. The van der Waals surface area contributed by atoms with E-state index in [0.717, 1.165) is 18.8 Å². The number of hydrogen-bond acceptors (Lipinski definition) is 4. The largest absolute Gasteiger partial charge is 0.347 e. The van der Waals surface area contributed by atoms with Crippen LogP contribution >= 0.6 is 11.8 Å². The Bertz CT molecular complexity index is 229. The number of nitrogens with one attached hydrogen (secondary N) is 2. The van der Waals surface area contributed by atoms with E-state index in [-0.39, 0.29) is 0 Å². The van der Waals surface area contributed by atoms with Gasteiger partial charge in [0.25, 0.3) is 0 Å². The van der Waals surface area contributed by atoms with E-state index >= 15 is 0 Å². The summed E-state index contributed by atoms with van der Waals surface area (Å²) < 4.78 is 0. The van der Waals surface area contributed by atoms with Gasteiger partial charge >= 0.3 is 11.8 Å². The number of piperazine rings is 1. The number of carbonyl (C=O) groups excluding carboxylic acids is 2. The molecule has 15 heavy (non-hydrogen) atoms. The van der Waals surface area contributed by atoms with E-state index in [0.29, 0.717) is 19.6 Å². The Morgan fingerprint density at radius 1 is 1.40 bits per heavy atom. The maximum atomic E-state index is 11.6. The van der Waals surface area contributed by atoms with Crippen molar-refractivity contribution >= 4 is 23.6 Å². The van der Waals surface area contributed by atoms with Crippen LogP contribution in [-0.2, 0) is 9.59 Å². The smallest absolute Gasteiger partial charge is 0.311 e. The third-order valence-corrected chi connectivity index (χ3v) is 2.80. The maximum absolute atomic E-state index is 11.6. The average Bonchev–Trinajstić information content (AvgIpc) is 2.29. The minimum atomic E-state index is -0.481. The molecule has 0 radical (unpaired) electrons. The standard InChI is InChI=1S/C9H17N3O2S/c1-15-7-4-11-8(13)9(14)12-5-2-10-3-6-12/h10H,2-7H2,1H3,(H,11,13). The molecule has 1 saturated heterocycles. The molecule has 6 heteroatoms. The van der Waals surface area contributed by atoms with Gasteiger partial charge in [0.15, 0.2) is 0 Å². The van der Waals surface area contributed by atoms with Gasteiger partial charge in [0.2, 0.25) is 0 Å². The topological polar surface area (TPSA) is 61.4 Å². The quantitative estimate of drug-likeness (QED) is 0.478. The molecule has 0 aromatic rings. The van der Waals surface area contributed by atoms with E-state index < -0.39 is 11.8 Å². The number of carbonyl (C=O) groups is 2. The molecule has 1 fully saturated rings. The minimum absolute atomic E-state index is 0.405. The molecule has 0 spiro atoms. The summed E-state index contributed by atoms with van der Waals surface area (Å²) in [4.78, 5) is 24.5. The first kappa shape index (κ1) is 12.3. The summed E-state index contributed by atoms with van der Waals surface area (Å²) in [6.45, 7) is 3.33. The zero-order chi connectivity index (χ0) is 11.1. The second kappa shape index (κ2) is 6.68. The maximum Gasteiger partial charge on any atom is 0.311 e. The number of thioether (sulfide) groups is 1. The van der Waals surface area contributed by atoms with E-state index in [4.69, 9.17) is 0 Å². The molecular formula is C9H17N3O2S. The predicted molar refractivity (Wildman–Crippen MR) is 60.8 cm³/mol. The fraction of sp³-hybridized carbons (Fsp3) is 0.778. The molecule has 5 nitrogen and oxygen atoms in total. The Morgan fingerprint density at radius 3 is 2.67 bits per heavy atom. The van der Waals surface area contributed by atoms with Gasteiger partial charge in [0.1, 0.15) is 0 Å². The van der Waals surface area contributed by atoms with Crippen molar-refractivity contribution in [2.75, 3.05) is 44.7 Å². The van der Waals surface area contributed by atoms with Crippen molar-refractivity contribution < 1.29 is 9.59 Å². The zero-order valence-corrected chi connectivity index (χ0v) is 9.73. The monoisotopic (exact) mass is 231 g/mol. The van der Waals surface area contributed by atoms with Crippen LogP contribution in [0.1, 0.15) is 0 Å². The first-order valence-corrected chi connectivity index (χ1v) is 6.42. The summed E-state index contributed by atoms with van der Waals surface area (Å²) in [5, 5.41) is 5.74. The van der Waals surface area contributed by atoms with Crippen molar-refractivity contribution in [2.45, 2.75) is 0 Å². The highest BCUT2D eigenvalue weighted by Gasteiger charge is 2.22.